The summed E-state index contributed by atoms with van der Waals surface area (Å²) in [7, 11) is 1.89. The Bertz CT molecular complexity index is 910. The Morgan fingerprint density at radius 2 is 2.23 bits per heavy atom. The highest BCUT2D eigenvalue weighted by molar-refractivity contribution is 7.98. The normalized spacial score (nSPS) is 11.3. The Kier molecular flexibility index (Phi) is 3.65. The third-order valence-corrected chi connectivity index (χ3v) is 5.83. The number of rotatable bonds is 4. The van der Waals surface area contributed by atoms with Gasteiger partial charge < -0.3 is 0 Å². The predicted molar refractivity (Wildman–Crippen MR) is 91.3 cm³/mol. The molecule has 0 aliphatic rings. The molecule has 4 heterocycles. The van der Waals surface area contributed by atoms with Crippen molar-refractivity contribution >= 4 is 45.5 Å². The van der Waals surface area contributed by atoms with E-state index in [1.807, 2.05) is 13.2 Å². The van der Waals surface area contributed by atoms with E-state index < -0.39 is 0 Å². The van der Waals surface area contributed by atoms with Gasteiger partial charge in [-0.1, -0.05) is 11.8 Å². The summed E-state index contributed by atoms with van der Waals surface area (Å²) in [5.41, 5.74) is 3.13. The number of aryl methyl sites for hydroxylation is 1. The molecule has 4 aromatic heterocycles. The number of aromatic nitrogens is 5. The molecule has 4 rings (SSSR count). The van der Waals surface area contributed by atoms with Crippen LogP contribution in [0.1, 0.15) is 5.69 Å². The number of hydrogen-bond donors (Lipinski definition) is 0. The summed E-state index contributed by atoms with van der Waals surface area (Å²) in [6, 6.07) is 2.10. The van der Waals surface area contributed by atoms with Gasteiger partial charge in [0, 0.05) is 29.1 Å². The lowest BCUT2D eigenvalue weighted by molar-refractivity contribution is 0.784. The van der Waals surface area contributed by atoms with Crippen LogP contribution in [0.4, 0.5) is 0 Å². The van der Waals surface area contributed by atoms with Crippen molar-refractivity contribution < 1.29 is 0 Å². The minimum absolute atomic E-state index is 0.793. The van der Waals surface area contributed by atoms with E-state index in [0.29, 0.717) is 0 Å². The van der Waals surface area contributed by atoms with Crippen LogP contribution < -0.4 is 0 Å². The molecule has 4 aromatic rings. The van der Waals surface area contributed by atoms with Crippen LogP contribution in [0.25, 0.3) is 21.6 Å². The zero-order valence-corrected chi connectivity index (χ0v) is 14.1. The molecule has 0 aromatic carbocycles. The van der Waals surface area contributed by atoms with Gasteiger partial charge in [0.1, 0.15) is 16.4 Å². The summed E-state index contributed by atoms with van der Waals surface area (Å²) in [5.74, 6) is 0.793. The van der Waals surface area contributed by atoms with Gasteiger partial charge in [-0.05, 0) is 11.4 Å². The Morgan fingerprint density at radius 3 is 3.09 bits per heavy atom. The van der Waals surface area contributed by atoms with Crippen LogP contribution in [0.5, 0.6) is 0 Å². The molecule has 22 heavy (non-hydrogen) atoms. The topological polar surface area (TPSA) is 56.5 Å². The van der Waals surface area contributed by atoms with E-state index in [1.165, 1.54) is 5.56 Å². The van der Waals surface area contributed by atoms with Gasteiger partial charge >= 0.3 is 0 Å². The van der Waals surface area contributed by atoms with Gasteiger partial charge in [-0.2, -0.15) is 16.4 Å². The van der Waals surface area contributed by atoms with Crippen LogP contribution in [-0.2, 0) is 12.8 Å². The summed E-state index contributed by atoms with van der Waals surface area (Å²) in [6.07, 6.45) is 3.40. The molecule has 8 heteroatoms. The highest BCUT2D eigenvalue weighted by atomic mass is 32.2. The van der Waals surface area contributed by atoms with E-state index in [0.717, 1.165) is 32.5 Å². The van der Waals surface area contributed by atoms with Gasteiger partial charge in [-0.3, -0.25) is 4.68 Å². The van der Waals surface area contributed by atoms with E-state index in [2.05, 4.69) is 37.3 Å². The fourth-order valence-electron chi connectivity index (χ4n) is 2.09. The van der Waals surface area contributed by atoms with E-state index in [1.54, 1.807) is 45.4 Å². The quantitative estimate of drug-likeness (QED) is 0.415. The standard InChI is InChI=1S/C14H11N5S3/c1-19-12-11(4-17-19)14(16-8-15-12)22-7-10-6-21-13(18-10)9-2-3-20-5-9/h2-6,8H,7H2,1H3. The van der Waals surface area contributed by atoms with Crippen molar-refractivity contribution in [2.24, 2.45) is 7.05 Å². The first-order valence-corrected chi connectivity index (χ1v) is 9.34. The minimum Gasteiger partial charge on any atom is -0.250 e. The second-order valence-corrected chi connectivity index (χ2v) is 7.23. The van der Waals surface area contributed by atoms with Crippen LogP contribution in [-0.4, -0.2) is 24.7 Å². The maximum atomic E-state index is 4.69. The first-order valence-electron chi connectivity index (χ1n) is 6.54. The minimum atomic E-state index is 0.793. The van der Waals surface area contributed by atoms with Gasteiger partial charge in [0.15, 0.2) is 5.65 Å². The highest BCUT2D eigenvalue weighted by Crippen LogP contribution is 2.30. The summed E-state index contributed by atoms with van der Waals surface area (Å²) < 4.78 is 1.76. The summed E-state index contributed by atoms with van der Waals surface area (Å²) >= 11 is 5.05. The Labute approximate surface area is 139 Å². The third-order valence-electron chi connectivity index (χ3n) is 3.17. The molecule has 0 saturated heterocycles. The average Bonchev–Trinajstić information content (AvgIpc) is 3.26. The maximum absolute atomic E-state index is 4.69. The van der Waals surface area contributed by atoms with E-state index in [4.69, 9.17) is 4.98 Å². The number of thiazole rings is 1. The summed E-state index contributed by atoms with van der Waals surface area (Å²) in [4.78, 5) is 13.3. The van der Waals surface area contributed by atoms with Gasteiger partial charge in [-0.25, -0.2) is 15.0 Å². The Hall–Kier alpha value is -1.77. The number of thiophene rings is 1. The predicted octanol–water partition coefficient (Wildman–Crippen LogP) is 3.84. The van der Waals surface area contributed by atoms with Gasteiger partial charge in [0.2, 0.25) is 0 Å². The van der Waals surface area contributed by atoms with E-state index in [-0.39, 0.29) is 0 Å². The molecule has 0 bridgehead atoms. The third kappa shape index (κ3) is 2.53. The molecule has 0 atom stereocenters. The number of hydrogen-bond acceptors (Lipinski definition) is 7. The highest BCUT2D eigenvalue weighted by Gasteiger charge is 2.10. The van der Waals surface area contributed by atoms with Gasteiger partial charge in [0.05, 0.1) is 17.3 Å². The number of thioether (sulfide) groups is 1. The van der Waals surface area contributed by atoms with Crippen molar-refractivity contribution in [2.75, 3.05) is 0 Å². The molecule has 110 valence electrons. The van der Waals surface area contributed by atoms with Crippen LogP contribution in [0, 0.1) is 0 Å². The van der Waals surface area contributed by atoms with Crippen LogP contribution in [0.15, 0.2) is 39.8 Å². The van der Waals surface area contributed by atoms with E-state index >= 15 is 0 Å². The fraction of sp³-hybridized carbons (Fsp3) is 0.143. The largest absolute Gasteiger partial charge is 0.250 e. The molecule has 0 unspecified atom stereocenters. The second kappa shape index (κ2) is 5.79. The fourth-order valence-corrected chi connectivity index (χ4v) is 4.58. The maximum Gasteiger partial charge on any atom is 0.162 e. The first kappa shape index (κ1) is 13.9. The Morgan fingerprint density at radius 1 is 1.27 bits per heavy atom. The van der Waals surface area contributed by atoms with Crippen molar-refractivity contribution in [1.82, 2.24) is 24.7 Å². The number of fused-ring (bicyclic) bond motifs is 1. The lowest BCUT2D eigenvalue weighted by atomic mass is 10.4. The monoisotopic (exact) mass is 345 g/mol. The second-order valence-electron chi connectivity index (χ2n) is 4.63. The van der Waals surface area contributed by atoms with E-state index in [9.17, 15) is 0 Å². The molecule has 0 spiro atoms. The summed E-state index contributed by atoms with van der Waals surface area (Å²) in [6.45, 7) is 0. The van der Waals surface area contributed by atoms with Crippen LogP contribution in [0.3, 0.4) is 0 Å². The lowest BCUT2D eigenvalue weighted by Crippen LogP contribution is -1.93. The molecular weight excluding hydrogens is 334 g/mol. The van der Waals surface area contributed by atoms with Crippen molar-refractivity contribution in [3.05, 3.63) is 40.4 Å². The molecule has 0 N–H and O–H groups in total. The smallest absolute Gasteiger partial charge is 0.162 e. The number of nitrogens with zero attached hydrogens (tertiary/aromatic N) is 5. The molecule has 0 fully saturated rings. The zero-order valence-electron chi connectivity index (χ0n) is 11.6. The molecule has 5 nitrogen and oxygen atoms in total. The SMILES string of the molecule is Cn1ncc2c(SCc3csc(-c4ccsc4)n3)ncnc21. The first-order chi connectivity index (χ1) is 10.8. The molecule has 0 amide bonds. The van der Waals surface area contributed by atoms with Crippen LogP contribution in [0.2, 0.25) is 0 Å². The van der Waals surface area contributed by atoms with Crippen molar-refractivity contribution in [3.63, 3.8) is 0 Å². The molecule has 0 aliphatic carbocycles. The van der Waals surface area contributed by atoms with Gasteiger partial charge in [-0.15, -0.1) is 11.3 Å². The average molecular weight is 345 g/mol. The molecule has 0 aliphatic heterocycles. The lowest BCUT2D eigenvalue weighted by Gasteiger charge is -2.00. The zero-order chi connectivity index (χ0) is 14.9. The Balaban J connectivity index is 1.55. The molecule has 0 saturated carbocycles. The molecule has 0 radical (unpaired) electrons. The van der Waals surface area contributed by atoms with Crippen LogP contribution >= 0.6 is 34.4 Å². The van der Waals surface area contributed by atoms with Crippen molar-refractivity contribution in [2.45, 2.75) is 10.8 Å². The van der Waals surface area contributed by atoms with Crippen molar-refractivity contribution in [3.8, 4) is 10.6 Å². The summed E-state index contributed by atoms with van der Waals surface area (Å²) in [5, 5.41) is 13.6. The van der Waals surface area contributed by atoms with Crippen molar-refractivity contribution in [1.29, 1.82) is 0 Å². The van der Waals surface area contributed by atoms with Gasteiger partial charge in [0.25, 0.3) is 0 Å². The molecular formula is C14H11N5S3.